The van der Waals surface area contributed by atoms with Crippen LogP contribution < -0.4 is 15.0 Å². The molecule has 2 heterocycles. The van der Waals surface area contributed by atoms with Gasteiger partial charge in [-0.1, -0.05) is 6.07 Å². The average molecular weight is 394 g/mol. The van der Waals surface area contributed by atoms with Gasteiger partial charge in [0, 0.05) is 24.3 Å². The lowest BCUT2D eigenvalue weighted by Crippen LogP contribution is -2.32. The summed E-state index contributed by atoms with van der Waals surface area (Å²) in [6.07, 6.45) is -1.42. The fraction of sp³-hybridized carbons (Fsp3) is 0.421. The zero-order valence-corrected chi connectivity index (χ0v) is 15.4. The second kappa shape index (κ2) is 8.45. The minimum Gasteiger partial charge on any atom is -0.406 e. The van der Waals surface area contributed by atoms with Crippen molar-refractivity contribution in [3.8, 4) is 5.75 Å². The highest BCUT2D eigenvalue weighted by Gasteiger charge is 2.31. The number of piperidine rings is 1. The molecule has 1 amide bonds. The largest absolute Gasteiger partial charge is 0.573 e. The lowest BCUT2D eigenvalue weighted by molar-refractivity contribution is -0.274. The Kier molecular flexibility index (Phi) is 6.01. The first kappa shape index (κ1) is 19.9. The van der Waals surface area contributed by atoms with Gasteiger partial charge in [-0.15, -0.1) is 13.2 Å². The van der Waals surface area contributed by atoms with E-state index in [0.717, 1.165) is 43.8 Å². The maximum absolute atomic E-state index is 12.3. The van der Waals surface area contributed by atoms with Crippen LogP contribution in [0, 0.1) is 6.92 Å². The SMILES string of the molecule is Cc1cc(CNC(=O)c2cccc(OC(F)(F)F)c2)nc(N2CCCCC2)n1. The normalized spacial score (nSPS) is 14.6. The first-order chi connectivity index (χ1) is 13.3. The lowest BCUT2D eigenvalue weighted by Gasteiger charge is -2.27. The van der Waals surface area contributed by atoms with Crippen LogP contribution in [0.5, 0.6) is 5.75 Å². The van der Waals surface area contributed by atoms with Gasteiger partial charge in [0.2, 0.25) is 5.95 Å². The van der Waals surface area contributed by atoms with E-state index in [9.17, 15) is 18.0 Å². The Hall–Kier alpha value is -2.84. The molecule has 0 unspecified atom stereocenters. The summed E-state index contributed by atoms with van der Waals surface area (Å²) < 4.78 is 40.8. The van der Waals surface area contributed by atoms with Gasteiger partial charge < -0.3 is 15.0 Å². The number of hydrogen-bond donors (Lipinski definition) is 1. The molecule has 1 aliphatic heterocycles. The van der Waals surface area contributed by atoms with Crippen molar-refractivity contribution in [1.82, 2.24) is 15.3 Å². The molecule has 1 aromatic heterocycles. The Morgan fingerprint density at radius 2 is 1.93 bits per heavy atom. The number of nitrogens with one attached hydrogen (secondary N) is 1. The van der Waals surface area contributed by atoms with Crippen LogP contribution in [0.3, 0.4) is 0 Å². The fourth-order valence-electron chi connectivity index (χ4n) is 3.05. The van der Waals surface area contributed by atoms with Gasteiger partial charge in [-0.2, -0.15) is 0 Å². The van der Waals surface area contributed by atoms with Crippen molar-refractivity contribution in [2.45, 2.75) is 39.1 Å². The van der Waals surface area contributed by atoms with E-state index in [2.05, 4.69) is 24.9 Å². The van der Waals surface area contributed by atoms with Crippen LogP contribution >= 0.6 is 0 Å². The molecule has 28 heavy (non-hydrogen) atoms. The van der Waals surface area contributed by atoms with E-state index in [1.54, 1.807) is 6.07 Å². The highest BCUT2D eigenvalue weighted by molar-refractivity contribution is 5.94. The van der Waals surface area contributed by atoms with E-state index in [1.807, 2.05) is 6.92 Å². The Balaban J connectivity index is 1.66. The molecule has 0 aliphatic carbocycles. The van der Waals surface area contributed by atoms with Gasteiger partial charge in [0.15, 0.2) is 0 Å². The maximum atomic E-state index is 12.3. The number of carbonyl (C=O) groups excluding carboxylic acids is 1. The van der Waals surface area contributed by atoms with Gasteiger partial charge in [-0.3, -0.25) is 4.79 Å². The number of aryl methyl sites for hydroxylation is 1. The number of aromatic nitrogens is 2. The predicted molar refractivity (Wildman–Crippen MR) is 97.1 cm³/mol. The van der Waals surface area contributed by atoms with Crippen LogP contribution in [0.2, 0.25) is 0 Å². The number of amides is 1. The minimum absolute atomic E-state index is 0.0729. The summed E-state index contributed by atoms with van der Waals surface area (Å²) in [4.78, 5) is 23.4. The summed E-state index contributed by atoms with van der Waals surface area (Å²) in [6, 6.07) is 6.72. The molecule has 0 spiro atoms. The number of ether oxygens (including phenoxy) is 1. The van der Waals surface area contributed by atoms with E-state index >= 15 is 0 Å². The van der Waals surface area contributed by atoms with E-state index in [1.165, 1.54) is 18.6 Å². The minimum atomic E-state index is -4.81. The molecule has 6 nitrogen and oxygen atoms in total. The highest BCUT2D eigenvalue weighted by Crippen LogP contribution is 2.23. The van der Waals surface area contributed by atoms with Crippen molar-refractivity contribution in [2.24, 2.45) is 0 Å². The van der Waals surface area contributed by atoms with Crippen LogP contribution in [0.4, 0.5) is 19.1 Å². The van der Waals surface area contributed by atoms with Crippen molar-refractivity contribution in [1.29, 1.82) is 0 Å². The molecule has 9 heteroatoms. The molecule has 1 aromatic carbocycles. The molecule has 3 rings (SSSR count). The molecule has 1 N–H and O–H groups in total. The monoisotopic (exact) mass is 394 g/mol. The number of carbonyl (C=O) groups is 1. The van der Waals surface area contributed by atoms with Crippen molar-refractivity contribution in [3.63, 3.8) is 0 Å². The second-order valence-electron chi connectivity index (χ2n) is 6.61. The molecule has 0 bridgehead atoms. The van der Waals surface area contributed by atoms with Crippen molar-refractivity contribution >= 4 is 11.9 Å². The third-order valence-electron chi connectivity index (χ3n) is 4.29. The number of halogens is 3. The van der Waals surface area contributed by atoms with E-state index in [0.29, 0.717) is 11.6 Å². The number of anilines is 1. The Bertz CT molecular complexity index is 836. The molecule has 150 valence electrons. The third-order valence-corrected chi connectivity index (χ3v) is 4.29. The standard InChI is InChI=1S/C19H21F3N4O2/c1-13-10-15(25-18(24-13)26-8-3-2-4-9-26)12-23-17(27)14-6-5-7-16(11-14)28-19(20,21)22/h5-7,10-11H,2-4,8-9,12H2,1H3,(H,23,27). The summed E-state index contributed by atoms with van der Waals surface area (Å²) in [6.45, 7) is 3.81. The van der Waals surface area contributed by atoms with Gasteiger partial charge in [0.05, 0.1) is 12.2 Å². The van der Waals surface area contributed by atoms with Gasteiger partial charge >= 0.3 is 6.36 Å². The van der Waals surface area contributed by atoms with Gasteiger partial charge in [0.1, 0.15) is 5.75 Å². The predicted octanol–water partition coefficient (Wildman–Crippen LogP) is 3.60. The van der Waals surface area contributed by atoms with E-state index in [-0.39, 0.29) is 12.1 Å². The molecule has 1 fully saturated rings. The summed E-state index contributed by atoms with van der Waals surface area (Å²) >= 11 is 0. The average Bonchev–Trinajstić information content (AvgIpc) is 2.65. The van der Waals surface area contributed by atoms with Crippen molar-refractivity contribution < 1.29 is 22.7 Å². The molecule has 1 saturated heterocycles. The Morgan fingerprint density at radius 3 is 2.64 bits per heavy atom. The Morgan fingerprint density at radius 1 is 1.18 bits per heavy atom. The van der Waals surface area contributed by atoms with E-state index in [4.69, 9.17) is 0 Å². The summed E-state index contributed by atoms with van der Waals surface area (Å²) in [5.74, 6) is -0.307. The number of alkyl halides is 3. The number of nitrogens with zero attached hydrogens (tertiary/aromatic N) is 3. The molecule has 0 radical (unpaired) electrons. The second-order valence-corrected chi connectivity index (χ2v) is 6.61. The van der Waals surface area contributed by atoms with Gasteiger partial charge in [-0.25, -0.2) is 9.97 Å². The summed E-state index contributed by atoms with van der Waals surface area (Å²) in [7, 11) is 0. The molecule has 0 atom stereocenters. The molecular formula is C19H21F3N4O2. The van der Waals surface area contributed by atoms with Gasteiger partial charge in [0.25, 0.3) is 5.91 Å². The number of rotatable bonds is 5. The first-order valence-electron chi connectivity index (χ1n) is 9.04. The molecular weight excluding hydrogens is 373 g/mol. The van der Waals surface area contributed by atoms with Gasteiger partial charge in [-0.05, 0) is 50.5 Å². The first-order valence-corrected chi connectivity index (χ1v) is 9.04. The summed E-state index contributed by atoms with van der Waals surface area (Å²) in [5, 5.41) is 2.68. The Labute approximate surface area is 160 Å². The summed E-state index contributed by atoms with van der Waals surface area (Å²) in [5.41, 5.74) is 1.51. The van der Waals surface area contributed by atoms with Crippen LogP contribution in [0.15, 0.2) is 30.3 Å². The third kappa shape index (κ3) is 5.58. The van der Waals surface area contributed by atoms with E-state index < -0.39 is 18.0 Å². The zero-order chi connectivity index (χ0) is 20.1. The maximum Gasteiger partial charge on any atom is 0.573 e. The van der Waals surface area contributed by atoms with Crippen molar-refractivity contribution in [2.75, 3.05) is 18.0 Å². The molecule has 2 aromatic rings. The zero-order valence-electron chi connectivity index (χ0n) is 15.4. The molecule has 1 aliphatic rings. The quantitative estimate of drug-likeness (QED) is 0.839. The topological polar surface area (TPSA) is 67.3 Å². The fourth-order valence-corrected chi connectivity index (χ4v) is 3.05. The lowest BCUT2D eigenvalue weighted by atomic mass is 10.1. The van der Waals surface area contributed by atoms with Crippen LogP contribution in [0.1, 0.15) is 41.0 Å². The highest BCUT2D eigenvalue weighted by atomic mass is 19.4. The van der Waals surface area contributed by atoms with Crippen LogP contribution in [0.25, 0.3) is 0 Å². The van der Waals surface area contributed by atoms with Crippen LogP contribution in [-0.4, -0.2) is 35.3 Å². The number of benzene rings is 1. The molecule has 0 saturated carbocycles. The smallest absolute Gasteiger partial charge is 0.406 e. The number of hydrogen-bond acceptors (Lipinski definition) is 5. The van der Waals surface area contributed by atoms with Crippen molar-refractivity contribution in [3.05, 3.63) is 47.3 Å². The van der Waals surface area contributed by atoms with Crippen LogP contribution in [-0.2, 0) is 6.54 Å².